The third-order valence-corrected chi connectivity index (χ3v) is 4.38. The van der Waals surface area contributed by atoms with Gasteiger partial charge in [-0.1, -0.05) is 19.3 Å². The summed E-state index contributed by atoms with van der Waals surface area (Å²) in [6.07, 6.45) is 11.7. The number of aromatic nitrogens is 2. The van der Waals surface area contributed by atoms with E-state index in [9.17, 15) is 0 Å². The van der Waals surface area contributed by atoms with E-state index in [0.717, 1.165) is 19.6 Å². The van der Waals surface area contributed by atoms with Crippen molar-refractivity contribution in [2.75, 3.05) is 6.61 Å². The Morgan fingerprint density at radius 2 is 2.10 bits per heavy atom. The van der Waals surface area contributed by atoms with Crippen LogP contribution in [0, 0.1) is 5.92 Å². The predicted molar refractivity (Wildman–Crippen MR) is 81.6 cm³/mol. The maximum absolute atomic E-state index is 6.46. The third-order valence-electron chi connectivity index (χ3n) is 4.38. The number of nitrogens with zero attached hydrogens (tertiary/aromatic N) is 2. The van der Waals surface area contributed by atoms with Crippen LogP contribution >= 0.6 is 0 Å². The summed E-state index contributed by atoms with van der Waals surface area (Å²) in [6.45, 7) is 5.83. The average Bonchev–Trinajstić information content (AvgIpc) is 2.93. The minimum atomic E-state index is 0.0764. The van der Waals surface area contributed by atoms with Gasteiger partial charge in [0.15, 0.2) is 0 Å². The second kappa shape index (κ2) is 7.79. The highest BCUT2D eigenvalue weighted by Crippen LogP contribution is 2.29. The summed E-state index contributed by atoms with van der Waals surface area (Å²) in [7, 11) is 0. The Bertz CT molecular complexity index is 385. The Morgan fingerprint density at radius 1 is 1.35 bits per heavy atom. The molecule has 2 rings (SSSR count). The minimum Gasteiger partial charge on any atom is -0.377 e. The molecule has 2 unspecified atom stereocenters. The third kappa shape index (κ3) is 4.06. The Morgan fingerprint density at radius 3 is 2.70 bits per heavy atom. The number of hydrogen-bond acceptors (Lipinski definition) is 3. The summed E-state index contributed by atoms with van der Waals surface area (Å²) in [6, 6.07) is 0.0764. The summed E-state index contributed by atoms with van der Waals surface area (Å²) in [5, 5.41) is 4.33. The second-order valence-corrected chi connectivity index (χ2v) is 5.89. The van der Waals surface area contributed by atoms with Crippen LogP contribution < -0.4 is 5.73 Å². The highest BCUT2D eigenvalue weighted by molar-refractivity contribution is 5.07. The zero-order valence-corrected chi connectivity index (χ0v) is 12.9. The molecule has 4 nitrogen and oxygen atoms in total. The van der Waals surface area contributed by atoms with Crippen molar-refractivity contribution in [1.82, 2.24) is 9.78 Å². The quantitative estimate of drug-likeness (QED) is 0.835. The Balaban J connectivity index is 1.96. The van der Waals surface area contributed by atoms with E-state index in [0.29, 0.717) is 5.92 Å². The van der Waals surface area contributed by atoms with E-state index >= 15 is 0 Å². The molecule has 1 saturated carbocycles. The molecule has 0 spiro atoms. The molecule has 1 aromatic rings. The highest BCUT2D eigenvalue weighted by Gasteiger charge is 2.29. The van der Waals surface area contributed by atoms with E-state index in [1.54, 1.807) is 0 Å². The van der Waals surface area contributed by atoms with Crippen LogP contribution in [0.4, 0.5) is 0 Å². The summed E-state index contributed by atoms with van der Waals surface area (Å²) in [5.41, 5.74) is 7.68. The molecule has 20 heavy (non-hydrogen) atoms. The van der Waals surface area contributed by atoms with Crippen molar-refractivity contribution < 1.29 is 4.74 Å². The van der Waals surface area contributed by atoms with Gasteiger partial charge in [0.25, 0.3) is 0 Å². The highest BCUT2D eigenvalue weighted by atomic mass is 16.5. The normalized spacial score (nSPS) is 19.9. The average molecular weight is 279 g/mol. The van der Waals surface area contributed by atoms with Gasteiger partial charge in [-0.05, 0) is 44.6 Å². The lowest BCUT2D eigenvalue weighted by atomic mass is 9.81. The molecular formula is C16H29N3O. The molecule has 1 fully saturated rings. The Labute approximate surface area is 122 Å². The van der Waals surface area contributed by atoms with Gasteiger partial charge in [-0.2, -0.15) is 5.10 Å². The van der Waals surface area contributed by atoms with Gasteiger partial charge in [-0.15, -0.1) is 0 Å². The number of rotatable bonds is 7. The van der Waals surface area contributed by atoms with Gasteiger partial charge in [-0.3, -0.25) is 4.68 Å². The number of aryl methyl sites for hydroxylation is 1. The van der Waals surface area contributed by atoms with Crippen molar-refractivity contribution in [2.24, 2.45) is 11.7 Å². The van der Waals surface area contributed by atoms with Crippen LogP contribution in [0.2, 0.25) is 0 Å². The second-order valence-electron chi connectivity index (χ2n) is 5.89. The fourth-order valence-corrected chi connectivity index (χ4v) is 3.34. The number of nitrogens with two attached hydrogens (primary N) is 1. The van der Waals surface area contributed by atoms with Crippen LogP contribution in [0.25, 0.3) is 0 Å². The van der Waals surface area contributed by atoms with Crippen molar-refractivity contribution in [1.29, 1.82) is 0 Å². The molecule has 0 radical (unpaired) electrons. The van der Waals surface area contributed by atoms with Gasteiger partial charge in [-0.25, -0.2) is 0 Å². The SMILES string of the molecule is CCOC(C(N)Cc1cnn(CC)c1)C1CCCCC1. The summed E-state index contributed by atoms with van der Waals surface area (Å²) >= 11 is 0. The molecule has 0 saturated heterocycles. The fourth-order valence-electron chi connectivity index (χ4n) is 3.34. The Kier molecular flexibility index (Phi) is 6.05. The standard InChI is InChI=1S/C16H29N3O/c1-3-19-12-13(11-18-19)10-15(17)16(20-4-2)14-8-6-5-7-9-14/h11-12,14-16H,3-10,17H2,1-2H3. The molecular weight excluding hydrogens is 250 g/mol. The van der Waals surface area contributed by atoms with E-state index in [1.807, 2.05) is 10.9 Å². The maximum Gasteiger partial charge on any atom is 0.0757 e. The molecule has 114 valence electrons. The molecule has 2 N–H and O–H groups in total. The summed E-state index contributed by atoms with van der Waals surface area (Å²) in [4.78, 5) is 0. The number of ether oxygens (including phenoxy) is 1. The monoisotopic (exact) mass is 279 g/mol. The maximum atomic E-state index is 6.46. The molecule has 1 heterocycles. The van der Waals surface area contributed by atoms with E-state index in [1.165, 1.54) is 37.7 Å². The molecule has 0 amide bonds. The van der Waals surface area contributed by atoms with Crippen LogP contribution in [0.3, 0.4) is 0 Å². The minimum absolute atomic E-state index is 0.0764. The first-order valence-electron chi connectivity index (χ1n) is 8.13. The van der Waals surface area contributed by atoms with Gasteiger partial charge in [0, 0.05) is 25.4 Å². The van der Waals surface area contributed by atoms with Crippen LogP contribution in [-0.4, -0.2) is 28.5 Å². The topological polar surface area (TPSA) is 53.1 Å². The van der Waals surface area contributed by atoms with Gasteiger partial charge in [0.05, 0.1) is 12.3 Å². The van der Waals surface area contributed by atoms with Crippen molar-refractivity contribution in [3.8, 4) is 0 Å². The predicted octanol–water partition coefficient (Wildman–Crippen LogP) is 2.76. The first-order valence-corrected chi connectivity index (χ1v) is 8.13. The van der Waals surface area contributed by atoms with Crippen LogP contribution in [-0.2, 0) is 17.7 Å². The van der Waals surface area contributed by atoms with Crippen molar-refractivity contribution >= 4 is 0 Å². The molecule has 1 aliphatic carbocycles. The van der Waals surface area contributed by atoms with Crippen LogP contribution in [0.5, 0.6) is 0 Å². The zero-order chi connectivity index (χ0) is 14.4. The lowest BCUT2D eigenvalue weighted by molar-refractivity contribution is -0.00912. The van der Waals surface area contributed by atoms with Gasteiger partial charge in [0.1, 0.15) is 0 Å². The lowest BCUT2D eigenvalue weighted by Gasteiger charge is -2.33. The molecule has 1 aliphatic rings. The molecule has 0 aromatic carbocycles. The number of hydrogen-bond donors (Lipinski definition) is 1. The zero-order valence-electron chi connectivity index (χ0n) is 12.9. The Hall–Kier alpha value is -0.870. The van der Waals surface area contributed by atoms with E-state index in [-0.39, 0.29) is 12.1 Å². The molecule has 0 aliphatic heterocycles. The van der Waals surface area contributed by atoms with E-state index in [2.05, 4.69) is 25.1 Å². The smallest absolute Gasteiger partial charge is 0.0757 e. The first-order chi connectivity index (χ1) is 9.74. The fraction of sp³-hybridized carbons (Fsp3) is 0.812. The molecule has 0 bridgehead atoms. The first kappa shape index (κ1) is 15.5. The van der Waals surface area contributed by atoms with Crippen molar-refractivity contribution in [3.05, 3.63) is 18.0 Å². The molecule has 2 atom stereocenters. The summed E-state index contributed by atoms with van der Waals surface area (Å²) in [5.74, 6) is 0.639. The van der Waals surface area contributed by atoms with Gasteiger partial charge >= 0.3 is 0 Å². The van der Waals surface area contributed by atoms with Crippen molar-refractivity contribution in [3.63, 3.8) is 0 Å². The molecule has 4 heteroatoms. The van der Waals surface area contributed by atoms with E-state index in [4.69, 9.17) is 10.5 Å². The van der Waals surface area contributed by atoms with Crippen LogP contribution in [0.15, 0.2) is 12.4 Å². The summed E-state index contributed by atoms with van der Waals surface area (Å²) < 4.78 is 7.95. The van der Waals surface area contributed by atoms with Crippen molar-refractivity contribution in [2.45, 2.75) is 71.1 Å². The van der Waals surface area contributed by atoms with Crippen LogP contribution in [0.1, 0.15) is 51.5 Å². The van der Waals surface area contributed by atoms with Gasteiger partial charge < -0.3 is 10.5 Å². The molecule has 1 aromatic heterocycles. The largest absolute Gasteiger partial charge is 0.377 e. The lowest BCUT2D eigenvalue weighted by Crippen LogP contribution is -2.44. The van der Waals surface area contributed by atoms with Gasteiger partial charge in [0.2, 0.25) is 0 Å². The van der Waals surface area contributed by atoms with E-state index < -0.39 is 0 Å².